The van der Waals surface area contributed by atoms with Crippen LogP contribution in [-0.2, 0) is 18.5 Å². The number of benzene rings is 1. The summed E-state index contributed by atoms with van der Waals surface area (Å²) in [4.78, 5) is 10.3. The summed E-state index contributed by atoms with van der Waals surface area (Å²) in [5, 5.41) is 0. The molecular formula is C10H3F9O. The lowest BCUT2D eigenvalue weighted by molar-refractivity contribution is -0.174. The van der Waals surface area contributed by atoms with Crippen molar-refractivity contribution in [3.8, 4) is 0 Å². The van der Waals surface area contributed by atoms with Crippen LogP contribution in [0.25, 0.3) is 0 Å². The van der Waals surface area contributed by atoms with Crippen molar-refractivity contribution in [3.05, 3.63) is 34.4 Å². The maximum atomic E-state index is 12.5. The van der Waals surface area contributed by atoms with E-state index in [0.717, 1.165) is 0 Å². The first-order chi connectivity index (χ1) is 8.78. The lowest BCUT2D eigenvalue weighted by Gasteiger charge is -2.21. The molecule has 0 N–H and O–H groups in total. The predicted octanol–water partition coefficient (Wildman–Crippen LogP) is 4.56. The molecule has 0 radical (unpaired) electrons. The van der Waals surface area contributed by atoms with E-state index in [1.54, 1.807) is 0 Å². The Morgan fingerprint density at radius 2 is 1.05 bits per heavy atom. The molecule has 1 aromatic carbocycles. The van der Waals surface area contributed by atoms with Crippen molar-refractivity contribution in [1.29, 1.82) is 0 Å². The highest BCUT2D eigenvalue weighted by molar-refractivity contribution is 5.76. The quantitative estimate of drug-likeness (QED) is 0.549. The molecule has 0 unspecified atom stereocenters. The van der Waals surface area contributed by atoms with E-state index in [9.17, 15) is 44.3 Å². The molecule has 112 valence electrons. The summed E-state index contributed by atoms with van der Waals surface area (Å²) >= 11 is 0. The summed E-state index contributed by atoms with van der Waals surface area (Å²) in [5.74, 6) is 0. The number of hydrogen-bond donors (Lipinski definition) is 0. The third-order valence-corrected chi connectivity index (χ3v) is 2.19. The Hall–Kier alpha value is -1.74. The number of hydrogen-bond acceptors (Lipinski definition) is 1. The van der Waals surface area contributed by atoms with E-state index in [-0.39, 0.29) is 12.1 Å². The third-order valence-electron chi connectivity index (χ3n) is 2.19. The summed E-state index contributed by atoms with van der Waals surface area (Å²) in [6, 6.07) is -0.546. The Balaban J connectivity index is 3.88. The van der Waals surface area contributed by atoms with Crippen LogP contribution in [0.2, 0.25) is 0 Å². The van der Waals surface area contributed by atoms with Gasteiger partial charge in [-0.1, -0.05) is 0 Å². The average molecular weight is 310 g/mol. The second-order valence-corrected chi connectivity index (χ2v) is 3.60. The number of aldehydes is 1. The first-order valence-electron chi connectivity index (χ1n) is 4.63. The maximum absolute atomic E-state index is 12.5. The van der Waals surface area contributed by atoms with Gasteiger partial charge in [0, 0.05) is 5.56 Å². The SMILES string of the molecule is O=Cc1cc(C(F)(F)F)c(C(F)(F)F)c(C(F)(F)F)c1. The summed E-state index contributed by atoms with van der Waals surface area (Å²) in [5.41, 5.74) is -9.12. The van der Waals surface area contributed by atoms with Crippen molar-refractivity contribution >= 4 is 6.29 Å². The highest BCUT2D eigenvalue weighted by atomic mass is 19.4. The molecule has 0 heterocycles. The molecule has 0 atom stereocenters. The molecular weight excluding hydrogens is 307 g/mol. The van der Waals surface area contributed by atoms with E-state index < -0.39 is 47.1 Å². The number of alkyl halides is 9. The Bertz CT molecular complexity index is 486. The molecule has 0 spiro atoms. The van der Waals surface area contributed by atoms with E-state index in [0.29, 0.717) is 0 Å². The molecule has 1 aromatic rings. The van der Waals surface area contributed by atoms with Gasteiger partial charge in [-0.25, -0.2) is 0 Å². The number of carbonyl (C=O) groups is 1. The smallest absolute Gasteiger partial charge is 0.298 e. The van der Waals surface area contributed by atoms with Crippen molar-refractivity contribution in [2.24, 2.45) is 0 Å². The van der Waals surface area contributed by atoms with Gasteiger partial charge in [-0.15, -0.1) is 0 Å². The fourth-order valence-corrected chi connectivity index (χ4v) is 1.49. The van der Waals surface area contributed by atoms with Crippen LogP contribution >= 0.6 is 0 Å². The van der Waals surface area contributed by atoms with E-state index in [4.69, 9.17) is 0 Å². The van der Waals surface area contributed by atoms with E-state index in [1.807, 2.05) is 0 Å². The maximum Gasteiger partial charge on any atom is 0.417 e. The molecule has 0 amide bonds. The summed E-state index contributed by atoms with van der Waals surface area (Å²) < 4.78 is 112. The summed E-state index contributed by atoms with van der Waals surface area (Å²) in [7, 11) is 0. The van der Waals surface area contributed by atoms with Gasteiger partial charge in [0.05, 0.1) is 16.7 Å². The van der Waals surface area contributed by atoms with Crippen molar-refractivity contribution < 1.29 is 44.3 Å². The number of carbonyl (C=O) groups excluding carboxylic acids is 1. The van der Waals surface area contributed by atoms with Crippen LogP contribution in [0, 0.1) is 0 Å². The predicted molar refractivity (Wildman–Crippen MR) is 46.8 cm³/mol. The van der Waals surface area contributed by atoms with Crippen LogP contribution in [0.3, 0.4) is 0 Å². The molecule has 0 aliphatic rings. The molecule has 10 heteroatoms. The van der Waals surface area contributed by atoms with Gasteiger partial charge in [-0.3, -0.25) is 4.79 Å². The van der Waals surface area contributed by atoms with Crippen LogP contribution in [0.15, 0.2) is 12.1 Å². The molecule has 20 heavy (non-hydrogen) atoms. The largest absolute Gasteiger partial charge is 0.417 e. The van der Waals surface area contributed by atoms with Gasteiger partial charge in [0.15, 0.2) is 0 Å². The lowest BCUT2D eigenvalue weighted by Crippen LogP contribution is -2.23. The minimum absolute atomic E-state index is 0.273. The van der Waals surface area contributed by atoms with Gasteiger partial charge in [0.2, 0.25) is 0 Å². The minimum atomic E-state index is -5.88. The van der Waals surface area contributed by atoms with Crippen molar-refractivity contribution in [1.82, 2.24) is 0 Å². The Kier molecular flexibility index (Phi) is 3.81. The molecule has 0 saturated heterocycles. The molecule has 0 aromatic heterocycles. The zero-order valence-corrected chi connectivity index (χ0v) is 9.04. The van der Waals surface area contributed by atoms with Crippen LogP contribution in [0.1, 0.15) is 27.0 Å². The van der Waals surface area contributed by atoms with Crippen LogP contribution in [0.4, 0.5) is 39.5 Å². The summed E-state index contributed by atoms with van der Waals surface area (Å²) in [6.45, 7) is 0. The molecule has 1 rings (SSSR count). The van der Waals surface area contributed by atoms with Gasteiger partial charge >= 0.3 is 18.5 Å². The molecule has 0 fully saturated rings. The molecule has 0 aliphatic heterocycles. The first-order valence-corrected chi connectivity index (χ1v) is 4.63. The lowest BCUT2D eigenvalue weighted by atomic mass is 9.96. The Morgan fingerprint density at radius 1 is 0.700 bits per heavy atom. The van der Waals surface area contributed by atoms with Crippen molar-refractivity contribution in [2.45, 2.75) is 18.5 Å². The van der Waals surface area contributed by atoms with Crippen molar-refractivity contribution in [3.63, 3.8) is 0 Å². The van der Waals surface area contributed by atoms with Crippen LogP contribution < -0.4 is 0 Å². The van der Waals surface area contributed by atoms with Crippen molar-refractivity contribution in [2.75, 3.05) is 0 Å². The van der Waals surface area contributed by atoms with E-state index >= 15 is 0 Å². The van der Waals surface area contributed by atoms with Crippen LogP contribution in [-0.4, -0.2) is 6.29 Å². The molecule has 0 bridgehead atoms. The monoisotopic (exact) mass is 310 g/mol. The highest BCUT2D eigenvalue weighted by Gasteiger charge is 2.50. The van der Waals surface area contributed by atoms with Gasteiger partial charge in [-0.05, 0) is 12.1 Å². The fraction of sp³-hybridized carbons (Fsp3) is 0.300. The average Bonchev–Trinajstić information content (AvgIpc) is 2.23. The van der Waals surface area contributed by atoms with Gasteiger partial charge in [-0.2, -0.15) is 39.5 Å². The molecule has 0 aliphatic carbocycles. The minimum Gasteiger partial charge on any atom is -0.298 e. The third kappa shape index (κ3) is 3.23. The van der Waals surface area contributed by atoms with Gasteiger partial charge in [0.1, 0.15) is 6.29 Å². The van der Waals surface area contributed by atoms with Gasteiger partial charge in [0.25, 0.3) is 0 Å². The topological polar surface area (TPSA) is 17.1 Å². The Morgan fingerprint density at radius 3 is 1.25 bits per heavy atom. The first kappa shape index (κ1) is 16.3. The normalized spacial score (nSPS) is 13.4. The second-order valence-electron chi connectivity index (χ2n) is 3.60. The van der Waals surface area contributed by atoms with Gasteiger partial charge < -0.3 is 0 Å². The van der Waals surface area contributed by atoms with E-state index in [2.05, 4.69) is 0 Å². The fourth-order valence-electron chi connectivity index (χ4n) is 1.49. The van der Waals surface area contributed by atoms with E-state index in [1.165, 1.54) is 0 Å². The molecule has 0 saturated carbocycles. The summed E-state index contributed by atoms with van der Waals surface area (Å²) in [6.07, 6.45) is -17.7. The second kappa shape index (κ2) is 4.67. The molecule has 1 nitrogen and oxygen atoms in total. The number of rotatable bonds is 1. The zero-order valence-electron chi connectivity index (χ0n) is 9.04. The highest BCUT2D eigenvalue weighted by Crippen LogP contribution is 2.46. The van der Waals surface area contributed by atoms with Crippen LogP contribution in [0.5, 0.6) is 0 Å². The zero-order chi connectivity index (χ0) is 15.9. The number of halogens is 9. The Labute approximate surface area is 105 Å². The standard InChI is InChI=1S/C10H3F9O/c11-8(12,13)5-1-4(3-20)2-6(9(14,15)16)7(5)10(17,18)19/h1-3H.